The number of alkyl halides is 2. The highest BCUT2D eigenvalue weighted by Crippen LogP contribution is 2.29. The maximum atomic E-state index is 12.4. The Hall–Kier alpha value is -2.54. The van der Waals surface area contributed by atoms with E-state index in [4.69, 9.17) is 21.1 Å². The van der Waals surface area contributed by atoms with Crippen LogP contribution in [0.2, 0.25) is 5.02 Å². The van der Waals surface area contributed by atoms with Crippen LogP contribution in [-0.2, 0) is 0 Å². The normalized spacial score (nSPS) is 10.4. The largest absolute Gasteiger partial charge is 0.493 e. The van der Waals surface area contributed by atoms with E-state index in [0.717, 1.165) is 0 Å². The highest BCUT2D eigenvalue weighted by atomic mass is 35.5. The molecule has 0 heterocycles. The minimum atomic E-state index is -3.01. The summed E-state index contributed by atoms with van der Waals surface area (Å²) in [5.41, 5.74) is 0.169. The smallest absolute Gasteiger partial charge is 0.387 e. The lowest BCUT2D eigenvalue weighted by molar-refractivity contribution is -0.0512. The van der Waals surface area contributed by atoms with E-state index in [0.29, 0.717) is 10.8 Å². The number of ether oxygens (including phenoxy) is 3. The van der Waals surface area contributed by atoms with E-state index in [1.807, 2.05) is 0 Å². The fraction of sp³-hybridized carbons (Fsp3) is 0.235. The summed E-state index contributed by atoms with van der Waals surface area (Å²) in [6.07, 6.45) is 0. The van der Waals surface area contributed by atoms with Gasteiger partial charge in [-0.3, -0.25) is 4.79 Å². The van der Waals surface area contributed by atoms with Crippen molar-refractivity contribution in [2.45, 2.75) is 6.61 Å². The number of amides is 1. The number of rotatable bonds is 8. The van der Waals surface area contributed by atoms with Crippen LogP contribution < -0.4 is 19.5 Å². The van der Waals surface area contributed by atoms with Crippen LogP contribution in [0.3, 0.4) is 0 Å². The van der Waals surface area contributed by atoms with E-state index >= 15 is 0 Å². The summed E-state index contributed by atoms with van der Waals surface area (Å²) >= 11 is 5.77. The van der Waals surface area contributed by atoms with Crippen molar-refractivity contribution in [2.75, 3.05) is 20.3 Å². The first kappa shape index (κ1) is 18.8. The number of carbonyl (C=O) groups excluding carboxylic acids is 1. The second kappa shape index (κ2) is 9.08. The standard InChI is InChI=1S/C17H16ClF2NO4/c1-23-14-7-2-11(10-15(14)25-17(19)20)16(22)21-8-9-24-13-5-3-12(18)4-6-13/h2-7,10,17H,8-9H2,1H3,(H,21,22). The van der Waals surface area contributed by atoms with Gasteiger partial charge in [-0.15, -0.1) is 0 Å². The van der Waals surface area contributed by atoms with Crippen molar-refractivity contribution in [1.29, 1.82) is 0 Å². The molecule has 5 nitrogen and oxygen atoms in total. The van der Waals surface area contributed by atoms with Gasteiger partial charge in [0.1, 0.15) is 12.4 Å². The van der Waals surface area contributed by atoms with Crippen LogP contribution in [0.4, 0.5) is 8.78 Å². The van der Waals surface area contributed by atoms with Crippen molar-refractivity contribution in [3.63, 3.8) is 0 Å². The molecule has 1 N–H and O–H groups in total. The number of nitrogens with one attached hydrogen (secondary N) is 1. The maximum absolute atomic E-state index is 12.4. The third kappa shape index (κ3) is 5.79. The van der Waals surface area contributed by atoms with Gasteiger partial charge in [0.2, 0.25) is 0 Å². The third-order valence-corrected chi connectivity index (χ3v) is 3.36. The molecule has 2 aromatic rings. The molecule has 1 amide bonds. The van der Waals surface area contributed by atoms with Gasteiger partial charge in [0, 0.05) is 10.6 Å². The zero-order valence-corrected chi connectivity index (χ0v) is 14.1. The minimum absolute atomic E-state index is 0.114. The summed E-state index contributed by atoms with van der Waals surface area (Å²) in [6, 6.07) is 10.8. The Kier molecular flexibility index (Phi) is 6.82. The van der Waals surface area contributed by atoms with E-state index < -0.39 is 12.5 Å². The zero-order valence-electron chi connectivity index (χ0n) is 13.3. The van der Waals surface area contributed by atoms with Gasteiger partial charge in [-0.25, -0.2) is 0 Å². The summed E-state index contributed by atoms with van der Waals surface area (Å²) in [5, 5.41) is 3.22. The number of hydrogen-bond donors (Lipinski definition) is 1. The molecule has 0 bridgehead atoms. The predicted octanol–water partition coefficient (Wildman–Crippen LogP) is 3.76. The molecule has 0 aliphatic rings. The molecular formula is C17H16ClF2NO4. The molecule has 0 aliphatic carbocycles. The fourth-order valence-corrected chi connectivity index (χ4v) is 2.10. The second-order valence-electron chi connectivity index (χ2n) is 4.80. The first-order valence-corrected chi connectivity index (χ1v) is 7.67. The Morgan fingerprint density at radius 2 is 1.88 bits per heavy atom. The van der Waals surface area contributed by atoms with Crippen molar-refractivity contribution in [2.24, 2.45) is 0 Å². The van der Waals surface area contributed by atoms with Crippen molar-refractivity contribution >= 4 is 17.5 Å². The highest BCUT2D eigenvalue weighted by molar-refractivity contribution is 6.30. The fourth-order valence-electron chi connectivity index (χ4n) is 1.97. The first-order valence-electron chi connectivity index (χ1n) is 7.29. The van der Waals surface area contributed by atoms with Crippen LogP contribution in [0.25, 0.3) is 0 Å². The Bertz CT molecular complexity index is 710. The summed E-state index contributed by atoms with van der Waals surface area (Å²) < 4.78 is 39.5. The third-order valence-electron chi connectivity index (χ3n) is 3.11. The van der Waals surface area contributed by atoms with Gasteiger partial charge in [-0.05, 0) is 42.5 Å². The van der Waals surface area contributed by atoms with Gasteiger partial charge in [0.15, 0.2) is 11.5 Å². The van der Waals surface area contributed by atoms with Gasteiger partial charge in [0.05, 0.1) is 13.7 Å². The topological polar surface area (TPSA) is 56.8 Å². The molecule has 0 radical (unpaired) electrons. The predicted molar refractivity (Wildman–Crippen MR) is 88.9 cm³/mol. The Morgan fingerprint density at radius 3 is 2.52 bits per heavy atom. The van der Waals surface area contributed by atoms with Crippen LogP contribution in [0, 0.1) is 0 Å². The molecule has 25 heavy (non-hydrogen) atoms. The van der Waals surface area contributed by atoms with Crippen LogP contribution in [0.5, 0.6) is 17.2 Å². The molecule has 2 rings (SSSR count). The molecule has 0 aliphatic heterocycles. The lowest BCUT2D eigenvalue weighted by Crippen LogP contribution is -2.28. The van der Waals surface area contributed by atoms with Crippen molar-refractivity contribution < 1.29 is 27.8 Å². The highest BCUT2D eigenvalue weighted by Gasteiger charge is 2.14. The molecule has 0 saturated heterocycles. The molecule has 134 valence electrons. The van der Waals surface area contributed by atoms with Gasteiger partial charge in [-0.1, -0.05) is 11.6 Å². The van der Waals surface area contributed by atoms with Gasteiger partial charge < -0.3 is 19.5 Å². The Labute approximate surface area is 148 Å². The summed E-state index contributed by atoms with van der Waals surface area (Å²) in [6.45, 7) is -2.54. The van der Waals surface area contributed by atoms with Crippen LogP contribution in [0.15, 0.2) is 42.5 Å². The summed E-state index contributed by atoms with van der Waals surface area (Å²) in [4.78, 5) is 12.1. The van der Waals surface area contributed by atoms with Gasteiger partial charge in [0.25, 0.3) is 5.91 Å². The Balaban J connectivity index is 1.88. The average Bonchev–Trinajstić information content (AvgIpc) is 2.59. The molecule has 0 fully saturated rings. The second-order valence-corrected chi connectivity index (χ2v) is 5.24. The van der Waals surface area contributed by atoms with E-state index in [2.05, 4.69) is 10.1 Å². The number of benzene rings is 2. The van der Waals surface area contributed by atoms with Gasteiger partial charge >= 0.3 is 6.61 Å². The number of hydrogen-bond acceptors (Lipinski definition) is 4. The quantitative estimate of drug-likeness (QED) is 0.718. The van der Waals surface area contributed by atoms with Crippen molar-refractivity contribution in [3.8, 4) is 17.2 Å². The molecule has 0 spiro atoms. The molecular weight excluding hydrogens is 356 g/mol. The number of methoxy groups -OCH3 is 1. The summed E-state index contributed by atoms with van der Waals surface area (Å²) in [5.74, 6) is 0.0858. The minimum Gasteiger partial charge on any atom is -0.493 e. The van der Waals surface area contributed by atoms with Crippen LogP contribution in [-0.4, -0.2) is 32.8 Å². The molecule has 8 heteroatoms. The summed E-state index contributed by atoms with van der Waals surface area (Å²) in [7, 11) is 1.32. The average molecular weight is 372 g/mol. The van der Waals surface area contributed by atoms with E-state index in [-0.39, 0.29) is 30.2 Å². The van der Waals surface area contributed by atoms with Crippen LogP contribution >= 0.6 is 11.6 Å². The van der Waals surface area contributed by atoms with Gasteiger partial charge in [-0.2, -0.15) is 8.78 Å². The van der Waals surface area contributed by atoms with Crippen molar-refractivity contribution in [3.05, 3.63) is 53.1 Å². The first-order chi connectivity index (χ1) is 12.0. The van der Waals surface area contributed by atoms with Crippen LogP contribution in [0.1, 0.15) is 10.4 Å². The molecule has 2 aromatic carbocycles. The molecule has 0 saturated carbocycles. The molecule has 0 aromatic heterocycles. The van der Waals surface area contributed by atoms with E-state index in [1.54, 1.807) is 24.3 Å². The molecule has 0 atom stereocenters. The monoisotopic (exact) mass is 371 g/mol. The number of halogens is 3. The zero-order chi connectivity index (χ0) is 18.2. The molecule has 0 unspecified atom stereocenters. The maximum Gasteiger partial charge on any atom is 0.387 e. The Morgan fingerprint density at radius 1 is 1.16 bits per heavy atom. The SMILES string of the molecule is COc1ccc(C(=O)NCCOc2ccc(Cl)cc2)cc1OC(F)F. The lowest BCUT2D eigenvalue weighted by atomic mass is 10.2. The van der Waals surface area contributed by atoms with E-state index in [9.17, 15) is 13.6 Å². The van der Waals surface area contributed by atoms with Crippen molar-refractivity contribution in [1.82, 2.24) is 5.32 Å². The van der Waals surface area contributed by atoms with E-state index in [1.165, 1.54) is 25.3 Å². The lowest BCUT2D eigenvalue weighted by Gasteiger charge is -2.12. The number of carbonyl (C=O) groups is 1.